The van der Waals surface area contributed by atoms with E-state index in [1.54, 1.807) is 11.8 Å². The molecule has 1 aliphatic rings. The number of unbranched alkanes of at least 4 members (excludes halogenated alkanes) is 1. The molecule has 0 aliphatic carbocycles. The Hall–Kier alpha value is -0.830. The van der Waals surface area contributed by atoms with Crippen LogP contribution in [-0.2, 0) is 9.59 Å². The molecule has 0 N–H and O–H groups in total. The monoisotopic (exact) mass is 243 g/mol. The summed E-state index contributed by atoms with van der Waals surface area (Å²) >= 11 is 5.52. The minimum absolute atomic E-state index is 0.122. The second-order valence-electron chi connectivity index (χ2n) is 4.43. The zero-order chi connectivity index (χ0) is 12.2. The third-order valence-corrected chi connectivity index (χ3v) is 3.55. The van der Waals surface area contributed by atoms with Gasteiger partial charge in [0.05, 0.1) is 0 Å². The van der Waals surface area contributed by atoms with Gasteiger partial charge < -0.3 is 4.90 Å². The first kappa shape index (κ1) is 13.2. The molecular formula is C12H18ClNO2. The molecule has 16 heavy (non-hydrogen) atoms. The van der Waals surface area contributed by atoms with Gasteiger partial charge in [0.25, 0.3) is 0 Å². The van der Waals surface area contributed by atoms with E-state index in [1.165, 1.54) is 0 Å². The minimum Gasteiger partial charge on any atom is -0.342 e. The summed E-state index contributed by atoms with van der Waals surface area (Å²) in [6.45, 7) is 6.70. The third-order valence-electron chi connectivity index (χ3n) is 3.13. The number of hydrogen-bond acceptors (Lipinski definition) is 2. The first-order valence-electron chi connectivity index (χ1n) is 5.62. The molecule has 1 rings (SSSR count). The molecule has 0 aromatic heterocycles. The van der Waals surface area contributed by atoms with Crippen LogP contribution in [-0.4, -0.2) is 29.1 Å². The van der Waals surface area contributed by atoms with Crippen LogP contribution in [0.3, 0.4) is 0 Å². The number of likely N-dealkylation sites (tertiary alicyclic amines) is 1. The van der Waals surface area contributed by atoms with Crippen molar-refractivity contribution in [2.24, 2.45) is 5.41 Å². The van der Waals surface area contributed by atoms with Crippen LogP contribution in [0.2, 0.25) is 0 Å². The van der Waals surface area contributed by atoms with Crippen LogP contribution < -0.4 is 0 Å². The van der Waals surface area contributed by atoms with Gasteiger partial charge in [-0.25, -0.2) is 0 Å². The number of hydrogen-bond donors (Lipinski definition) is 0. The number of halogens is 1. The van der Waals surface area contributed by atoms with Gasteiger partial charge in [0.15, 0.2) is 0 Å². The molecule has 0 radical (unpaired) electrons. The lowest BCUT2D eigenvalue weighted by atomic mass is 9.82. The number of allylic oxidation sites excluding steroid dienone is 1. The average Bonchev–Trinajstić information content (AvgIpc) is 2.24. The average molecular weight is 244 g/mol. The molecule has 0 saturated carbocycles. The first-order chi connectivity index (χ1) is 7.52. The Balaban J connectivity index is 2.64. The third kappa shape index (κ3) is 2.64. The van der Waals surface area contributed by atoms with E-state index in [2.05, 4.69) is 6.58 Å². The summed E-state index contributed by atoms with van der Waals surface area (Å²) in [7, 11) is 0. The van der Waals surface area contributed by atoms with Gasteiger partial charge in [-0.3, -0.25) is 9.59 Å². The molecule has 4 heteroatoms. The van der Waals surface area contributed by atoms with Crippen LogP contribution in [0.5, 0.6) is 0 Å². The van der Waals surface area contributed by atoms with Crippen LogP contribution in [0.1, 0.15) is 32.6 Å². The van der Waals surface area contributed by atoms with Gasteiger partial charge in [0.2, 0.25) is 11.1 Å². The molecule has 1 amide bonds. The van der Waals surface area contributed by atoms with Crippen molar-refractivity contribution < 1.29 is 9.59 Å². The van der Waals surface area contributed by atoms with Gasteiger partial charge in [-0.05, 0) is 44.2 Å². The maximum absolute atomic E-state index is 12.1. The van der Waals surface area contributed by atoms with Crippen molar-refractivity contribution in [3.05, 3.63) is 12.7 Å². The zero-order valence-corrected chi connectivity index (χ0v) is 10.4. The Morgan fingerprint density at radius 1 is 1.69 bits per heavy atom. The highest BCUT2D eigenvalue weighted by Gasteiger charge is 2.44. The number of carbonyl (C=O) groups is 2. The van der Waals surface area contributed by atoms with E-state index in [-0.39, 0.29) is 5.91 Å². The lowest BCUT2D eigenvalue weighted by Crippen LogP contribution is -2.50. The highest BCUT2D eigenvalue weighted by Crippen LogP contribution is 2.33. The van der Waals surface area contributed by atoms with Crippen molar-refractivity contribution in [1.82, 2.24) is 4.90 Å². The van der Waals surface area contributed by atoms with Crippen molar-refractivity contribution in [1.29, 1.82) is 0 Å². The molecule has 0 aromatic carbocycles. The van der Waals surface area contributed by atoms with E-state index >= 15 is 0 Å². The molecule has 0 aromatic rings. The highest BCUT2D eigenvalue weighted by molar-refractivity contribution is 6.66. The molecule has 1 saturated heterocycles. The predicted octanol–water partition coefficient (Wildman–Crippen LogP) is 2.35. The van der Waals surface area contributed by atoms with E-state index in [9.17, 15) is 9.59 Å². The summed E-state index contributed by atoms with van der Waals surface area (Å²) in [4.78, 5) is 25.1. The highest BCUT2D eigenvalue weighted by atomic mass is 35.5. The van der Waals surface area contributed by atoms with Crippen LogP contribution in [0.4, 0.5) is 0 Å². The quantitative estimate of drug-likeness (QED) is 0.322. The summed E-state index contributed by atoms with van der Waals surface area (Å²) < 4.78 is 0. The van der Waals surface area contributed by atoms with Crippen LogP contribution in [0, 0.1) is 5.41 Å². The summed E-state index contributed by atoms with van der Waals surface area (Å²) in [6, 6.07) is 0. The van der Waals surface area contributed by atoms with Crippen molar-refractivity contribution >= 4 is 22.8 Å². The molecule has 1 heterocycles. The van der Waals surface area contributed by atoms with E-state index in [1.807, 2.05) is 6.08 Å². The largest absolute Gasteiger partial charge is 0.342 e. The van der Waals surface area contributed by atoms with E-state index in [4.69, 9.17) is 11.6 Å². The summed E-state index contributed by atoms with van der Waals surface area (Å²) in [5.41, 5.74) is -1.01. The second kappa shape index (κ2) is 5.48. The fraction of sp³-hybridized carbons (Fsp3) is 0.667. The summed E-state index contributed by atoms with van der Waals surface area (Å²) in [5, 5.41) is -0.536. The first-order valence-corrected chi connectivity index (χ1v) is 6.00. The van der Waals surface area contributed by atoms with Crippen LogP contribution in [0.25, 0.3) is 0 Å². The predicted molar refractivity (Wildman–Crippen MR) is 64.2 cm³/mol. The molecule has 1 unspecified atom stereocenters. The second-order valence-corrected chi connectivity index (χ2v) is 4.78. The van der Waals surface area contributed by atoms with Crippen molar-refractivity contribution in [2.45, 2.75) is 32.6 Å². The van der Waals surface area contributed by atoms with Crippen molar-refractivity contribution in [3.8, 4) is 0 Å². The SMILES string of the molecule is C=CCCCN1CCCC(C)(C(=O)Cl)C1=O. The Kier molecular flexibility index (Phi) is 4.54. The van der Waals surface area contributed by atoms with Crippen molar-refractivity contribution in [3.63, 3.8) is 0 Å². The molecule has 0 spiro atoms. The Morgan fingerprint density at radius 3 is 2.94 bits per heavy atom. The van der Waals surface area contributed by atoms with E-state index in [0.29, 0.717) is 13.0 Å². The van der Waals surface area contributed by atoms with Gasteiger partial charge >= 0.3 is 0 Å². The molecule has 3 nitrogen and oxygen atoms in total. The Bertz CT molecular complexity index is 303. The Labute approximate surface area is 101 Å². The van der Waals surface area contributed by atoms with Gasteiger partial charge in [-0.1, -0.05) is 6.08 Å². The fourth-order valence-electron chi connectivity index (χ4n) is 2.00. The van der Waals surface area contributed by atoms with Gasteiger partial charge in [0, 0.05) is 13.1 Å². The number of rotatable bonds is 5. The summed E-state index contributed by atoms with van der Waals surface area (Å²) in [6.07, 6.45) is 5.01. The fourth-order valence-corrected chi connectivity index (χ4v) is 2.18. The molecule has 1 fully saturated rings. The maximum Gasteiger partial charge on any atom is 0.237 e. The molecule has 1 aliphatic heterocycles. The smallest absolute Gasteiger partial charge is 0.237 e. The van der Waals surface area contributed by atoms with Crippen LogP contribution >= 0.6 is 11.6 Å². The minimum atomic E-state index is -1.01. The molecule has 90 valence electrons. The lowest BCUT2D eigenvalue weighted by Gasteiger charge is -2.37. The summed E-state index contributed by atoms with van der Waals surface area (Å²) in [5.74, 6) is -0.122. The van der Waals surface area contributed by atoms with E-state index < -0.39 is 10.7 Å². The van der Waals surface area contributed by atoms with Crippen LogP contribution in [0.15, 0.2) is 12.7 Å². The number of amides is 1. The molecule has 1 atom stereocenters. The standard InChI is InChI=1S/C12H18ClNO2/c1-3-4-5-8-14-9-6-7-12(2,10(13)15)11(14)16/h3H,1,4-9H2,2H3. The van der Waals surface area contributed by atoms with Gasteiger partial charge in [-0.15, -0.1) is 6.58 Å². The molecule has 0 bridgehead atoms. The number of carbonyl (C=O) groups excluding carboxylic acids is 2. The lowest BCUT2D eigenvalue weighted by molar-refractivity contribution is -0.149. The molecular weight excluding hydrogens is 226 g/mol. The van der Waals surface area contributed by atoms with Crippen molar-refractivity contribution in [2.75, 3.05) is 13.1 Å². The van der Waals surface area contributed by atoms with Gasteiger partial charge in [-0.2, -0.15) is 0 Å². The maximum atomic E-state index is 12.1. The number of piperidine rings is 1. The topological polar surface area (TPSA) is 37.4 Å². The Morgan fingerprint density at radius 2 is 2.38 bits per heavy atom. The normalized spacial score (nSPS) is 25.6. The van der Waals surface area contributed by atoms with E-state index in [0.717, 1.165) is 25.8 Å². The zero-order valence-electron chi connectivity index (χ0n) is 9.67. The van der Waals surface area contributed by atoms with Gasteiger partial charge in [0.1, 0.15) is 5.41 Å². The number of nitrogens with zero attached hydrogens (tertiary/aromatic N) is 1.